The largest absolute Gasteiger partial charge is 0.479 e. The van der Waals surface area contributed by atoms with Gasteiger partial charge in [0.2, 0.25) is 5.91 Å². The van der Waals surface area contributed by atoms with Gasteiger partial charge in [0.05, 0.1) is 0 Å². The fourth-order valence-electron chi connectivity index (χ4n) is 1.25. The molecule has 0 aliphatic rings. The molecule has 0 unspecified atom stereocenters. The standard InChI is InChI=1S/C11H13N3O4/c1-7(15)13-14-11(18)12-9(10(16)17)8-5-3-2-4-6-8/h2-6,9H,1H3,(H,13,15)(H,16,17)(H2,12,14,18)/t9-/m1/s1. The minimum absolute atomic E-state index is 0.433. The first-order valence-electron chi connectivity index (χ1n) is 5.11. The van der Waals surface area contributed by atoms with Gasteiger partial charge in [-0.05, 0) is 5.56 Å². The van der Waals surface area contributed by atoms with E-state index in [0.29, 0.717) is 5.56 Å². The lowest BCUT2D eigenvalue weighted by atomic mass is 10.1. The van der Waals surface area contributed by atoms with Crippen molar-refractivity contribution in [3.05, 3.63) is 35.9 Å². The average Bonchev–Trinajstić information content (AvgIpc) is 2.34. The second-order valence-corrected chi connectivity index (χ2v) is 3.46. The van der Waals surface area contributed by atoms with Crippen molar-refractivity contribution in [2.24, 2.45) is 0 Å². The maximum atomic E-state index is 11.3. The Morgan fingerprint density at radius 3 is 2.22 bits per heavy atom. The van der Waals surface area contributed by atoms with E-state index >= 15 is 0 Å². The van der Waals surface area contributed by atoms with Crippen LogP contribution in [-0.2, 0) is 9.59 Å². The van der Waals surface area contributed by atoms with Crippen LogP contribution in [0.4, 0.5) is 4.79 Å². The number of aliphatic carboxylic acids is 1. The van der Waals surface area contributed by atoms with Crippen LogP contribution in [-0.4, -0.2) is 23.0 Å². The summed E-state index contributed by atoms with van der Waals surface area (Å²) in [6.07, 6.45) is 0. The van der Waals surface area contributed by atoms with Gasteiger partial charge < -0.3 is 10.4 Å². The van der Waals surface area contributed by atoms with Gasteiger partial charge in [0.1, 0.15) is 0 Å². The molecule has 7 nitrogen and oxygen atoms in total. The third-order valence-corrected chi connectivity index (χ3v) is 2.01. The quantitative estimate of drug-likeness (QED) is 0.574. The predicted molar refractivity (Wildman–Crippen MR) is 62.3 cm³/mol. The summed E-state index contributed by atoms with van der Waals surface area (Å²) >= 11 is 0. The summed E-state index contributed by atoms with van der Waals surface area (Å²) in [7, 11) is 0. The topological polar surface area (TPSA) is 108 Å². The monoisotopic (exact) mass is 251 g/mol. The number of amides is 3. The van der Waals surface area contributed by atoms with Crippen LogP contribution in [0.25, 0.3) is 0 Å². The number of hydrazine groups is 1. The van der Waals surface area contributed by atoms with Crippen LogP contribution in [0.2, 0.25) is 0 Å². The minimum atomic E-state index is -1.20. The molecule has 96 valence electrons. The molecule has 18 heavy (non-hydrogen) atoms. The molecular weight excluding hydrogens is 238 g/mol. The molecule has 0 aliphatic carbocycles. The third-order valence-electron chi connectivity index (χ3n) is 2.01. The highest BCUT2D eigenvalue weighted by atomic mass is 16.4. The van der Waals surface area contributed by atoms with E-state index in [9.17, 15) is 14.4 Å². The van der Waals surface area contributed by atoms with E-state index in [1.165, 1.54) is 6.92 Å². The lowest BCUT2D eigenvalue weighted by Gasteiger charge is -2.15. The molecular formula is C11H13N3O4. The SMILES string of the molecule is CC(=O)NNC(=O)N[C@@H](C(=O)O)c1ccccc1. The average molecular weight is 251 g/mol. The van der Waals surface area contributed by atoms with Crippen LogP contribution in [0.15, 0.2) is 30.3 Å². The van der Waals surface area contributed by atoms with E-state index in [0.717, 1.165) is 0 Å². The summed E-state index contributed by atoms with van der Waals surface area (Å²) in [5, 5.41) is 11.2. The number of carbonyl (C=O) groups excluding carboxylic acids is 2. The van der Waals surface area contributed by atoms with Crippen LogP contribution in [0.5, 0.6) is 0 Å². The summed E-state index contributed by atoms with van der Waals surface area (Å²) in [5.74, 6) is -1.66. The number of hydrogen-bond acceptors (Lipinski definition) is 3. The highest BCUT2D eigenvalue weighted by molar-refractivity contribution is 5.85. The molecule has 4 N–H and O–H groups in total. The highest BCUT2D eigenvalue weighted by Gasteiger charge is 2.21. The fourth-order valence-corrected chi connectivity index (χ4v) is 1.25. The number of hydrogen-bond donors (Lipinski definition) is 4. The Labute approximate surface area is 103 Å². The maximum Gasteiger partial charge on any atom is 0.334 e. The zero-order valence-electron chi connectivity index (χ0n) is 9.64. The van der Waals surface area contributed by atoms with Crippen LogP contribution < -0.4 is 16.2 Å². The second-order valence-electron chi connectivity index (χ2n) is 3.46. The van der Waals surface area contributed by atoms with Gasteiger partial charge in [-0.1, -0.05) is 30.3 Å². The Morgan fingerprint density at radius 1 is 1.11 bits per heavy atom. The van der Waals surface area contributed by atoms with Gasteiger partial charge in [-0.2, -0.15) is 0 Å². The van der Waals surface area contributed by atoms with Gasteiger partial charge in [-0.25, -0.2) is 15.0 Å². The maximum absolute atomic E-state index is 11.3. The zero-order chi connectivity index (χ0) is 13.5. The summed E-state index contributed by atoms with van der Waals surface area (Å²) in [5.41, 5.74) is 4.50. The van der Waals surface area contributed by atoms with Gasteiger partial charge in [-0.15, -0.1) is 0 Å². The molecule has 1 rings (SSSR count). The van der Waals surface area contributed by atoms with Crippen molar-refractivity contribution < 1.29 is 19.5 Å². The van der Waals surface area contributed by atoms with Crippen LogP contribution >= 0.6 is 0 Å². The van der Waals surface area contributed by atoms with E-state index in [4.69, 9.17) is 5.11 Å². The summed E-state index contributed by atoms with van der Waals surface area (Å²) < 4.78 is 0. The molecule has 0 spiro atoms. The van der Waals surface area contributed by atoms with E-state index in [-0.39, 0.29) is 0 Å². The van der Waals surface area contributed by atoms with Crippen molar-refractivity contribution in [3.8, 4) is 0 Å². The van der Waals surface area contributed by atoms with Crippen molar-refractivity contribution in [3.63, 3.8) is 0 Å². The Kier molecular flexibility index (Phi) is 4.67. The Hall–Kier alpha value is -2.57. The number of urea groups is 1. The van der Waals surface area contributed by atoms with Gasteiger partial charge >= 0.3 is 12.0 Å². The first kappa shape index (κ1) is 13.5. The number of benzene rings is 1. The van der Waals surface area contributed by atoms with Crippen molar-refractivity contribution in [1.29, 1.82) is 0 Å². The van der Waals surface area contributed by atoms with Crippen LogP contribution in [0.1, 0.15) is 18.5 Å². The first-order valence-corrected chi connectivity index (χ1v) is 5.11. The summed E-state index contributed by atoms with van der Waals surface area (Å²) in [6, 6.07) is 6.24. The molecule has 7 heteroatoms. The summed E-state index contributed by atoms with van der Waals surface area (Å²) in [4.78, 5) is 32.9. The van der Waals surface area contributed by atoms with E-state index in [1.54, 1.807) is 30.3 Å². The van der Waals surface area contributed by atoms with Gasteiger partial charge in [0.25, 0.3) is 0 Å². The molecule has 1 aromatic carbocycles. The molecule has 0 aromatic heterocycles. The van der Waals surface area contributed by atoms with Crippen LogP contribution in [0, 0.1) is 0 Å². The van der Waals surface area contributed by atoms with Crippen molar-refractivity contribution in [1.82, 2.24) is 16.2 Å². The second kappa shape index (κ2) is 6.24. The number of nitrogens with one attached hydrogen (secondary N) is 3. The molecule has 0 fully saturated rings. The molecule has 0 radical (unpaired) electrons. The number of carbonyl (C=O) groups is 3. The number of rotatable bonds is 3. The normalized spacial score (nSPS) is 11.2. The Morgan fingerprint density at radius 2 is 1.72 bits per heavy atom. The Bertz CT molecular complexity index is 447. The molecule has 0 bridgehead atoms. The molecule has 3 amide bonds. The van der Waals surface area contributed by atoms with Crippen molar-refractivity contribution in [2.45, 2.75) is 13.0 Å². The Balaban J connectivity index is 2.67. The smallest absolute Gasteiger partial charge is 0.334 e. The molecule has 0 aliphatic heterocycles. The van der Waals surface area contributed by atoms with Gasteiger partial charge in [0.15, 0.2) is 6.04 Å². The highest BCUT2D eigenvalue weighted by Crippen LogP contribution is 2.12. The lowest BCUT2D eigenvalue weighted by Crippen LogP contribution is -2.48. The fraction of sp³-hybridized carbons (Fsp3) is 0.182. The van der Waals surface area contributed by atoms with Crippen molar-refractivity contribution in [2.75, 3.05) is 0 Å². The number of carboxylic acid groups (broad SMARTS) is 1. The third kappa shape index (κ3) is 4.12. The van der Waals surface area contributed by atoms with Crippen LogP contribution in [0.3, 0.4) is 0 Å². The van der Waals surface area contributed by atoms with Crippen molar-refractivity contribution >= 4 is 17.9 Å². The first-order chi connectivity index (χ1) is 8.50. The van der Waals surface area contributed by atoms with E-state index in [1.807, 2.05) is 10.9 Å². The molecule has 0 saturated carbocycles. The number of carboxylic acids is 1. The lowest BCUT2D eigenvalue weighted by molar-refractivity contribution is -0.139. The van der Waals surface area contributed by atoms with Gasteiger partial charge in [0, 0.05) is 6.92 Å². The minimum Gasteiger partial charge on any atom is -0.479 e. The molecule has 1 aromatic rings. The molecule has 1 atom stereocenters. The molecule has 0 heterocycles. The predicted octanol–water partition coefficient (Wildman–Crippen LogP) is 0.163. The van der Waals surface area contributed by atoms with E-state index in [2.05, 4.69) is 5.32 Å². The van der Waals surface area contributed by atoms with Gasteiger partial charge in [-0.3, -0.25) is 10.2 Å². The van der Waals surface area contributed by atoms with E-state index < -0.39 is 23.9 Å². The zero-order valence-corrected chi connectivity index (χ0v) is 9.64. The molecule has 0 saturated heterocycles. The summed E-state index contributed by atoms with van der Waals surface area (Å²) in [6.45, 7) is 1.21.